The van der Waals surface area contributed by atoms with Crippen molar-refractivity contribution in [1.82, 2.24) is 0 Å². The third-order valence-electron chi connectivity index (χ3n) is 7.16. The number of carbonyl (C=O) groups is 4. The molecule has 0 spiro atoms. The van der Waals surface area contributed by atoms with Gasteiger partial charge in [-0.25, -0.2) is 0 Å². The van der Waals surface area contributed by atoms with Crippen molar-refractivity contribution < 1.29 is 47.6 Å². The van der Waals surface area contributed by atoms with Crippen LogP contribution in [0.2, 0.25) is 5.02 Å². The average molecular weight is 615 g/mol. The lowest BCUT2D eigenvalue weighted by atomic mass is 9.85. The molecule has 1 saturated heterocycles. The van der Waals surface area contributed by atoms with Crippen LogP contribution in [0.5, 0.6) is 5.75 Å². The van der Waals surface area contributed by atoms with Crippen molar-refractivity contribution in [3.8, 4) is 5.75 Å². The van der Waals surface area contributed by atoms with Gasteiger partial charge in [-0.1, -0.05) is 54.6 Å². The van der Waals surface area contributed by atoms with E-state index in [1.54, 1.807) is 6.08 Å². The Kier molecular flexibility index (Phi) is 10.5. The quantitative estimate of drug-likeness (QED) is 0.290. The van der Waals surface area contributed by atoms with Crippen LogP contribution in [0.3, 0.4) is 0 Å². The van der Waals surface area contributed by atoms with Gasteiger partial charge in [-0.2, -0.15) is 0 Å². The summed E-state index contributed by atoms with van der Waals surface area (Å²) < 4.78 is 34.7. The second kappa shape index (κ2) is 14.1. The minimum Gasteiger partial charge on any atom is -0.492 e. The van der Waals surface area contributed by atoms with E-state index in [2.05, 4.69) is 6.58 Å². The maximum Gasteiger partial charge on any atom is 0.303 e. The van der Waals surface area contributed by atoms with Crippen molar-refractivity contribution in [2.75, 3.05) is 13.2 Å². The van der Waals surface area contributed by atoms with Gasteiger partial charge in [-0.05, 0) is 41.5 Å². The van der Waals surface area contributed by atoms with Crippen molar-refractivity contribution in [1.29, 1.82) is 0 Å². The van der Waals surface area contributed by atoms with E-state index in [9.17, 15) is 19.2 Å². The fourth-order valence-electron chi connectivity index (χ4n) is 5.43. The van der Waals surface area contributed by atoms with Gasteiger partial charge in [0, 0.05) is 33.3 Å². The summed E-state index contributed by atoms with van der Waals surface area (Å²) in [5.74, 6) is -2.15. The second-order valence-electron chi connectivity index (χ2n) is 10.4. The highest BCUT2D eigenvalue weighted by atomic mass is 35.5. The molecule has 5 atom stereocenters. The van der Waals surface area contributed by atoms with E-state index in [4.69, 9.17) is 40.0 Å². The number of rotatable bonds is 9. The first kappa shape index (κ1) is 32.0. The van der Waals surface area contributed by atoms with Gasteiger partial charge in [0.05, 0.1) is 11.6 Å². The van der Waals surface area contributed by atoms with Gasteiger partial charge < -0.3 is 28.4 Å². The van der Waals surface area contributed by atoms with E-state index in [1.807, 2.05) is 30.3 Å². The summed E-state index contributed by atoms with van der Waals surface area (Å²) in [6, 6.07) is 9.72. The lowest BCUT2D eigenvalue weighted by Gasteiger charge is -2.45. The van der Waals surface area contributed by atoms with E-state index >= 15 is 0 Å². The smallest absolute Gasteiger partial charge is 0.303 e. The molecule has 0 bridgehead atoms. The Balaban J connectivity index is 1.87. The molecular formula is C32H35ClO10. The molecule has 43 heavy (non-hydrogen) atoms. The number of benzene rings is 2. The topological polar surface area (TPSA) is 124 Å². The highest BCUT2D eigenvalue weighted by Crippen LogP contribution is 2.46. The Morgan fingerprint density at radius 1 is 0.930 bits per heavy atom. The number of carbonyl (C=O) groups excluding carboxylic acids is 4. The molecule has 2 heterocycles. The van der Waals surface area contributed by atoms with Gasteiger partial charge in [0.15, 0.2) is 18.3 Å². The lowest BCUT2D eigenvalue weighted by molar-refractivity contribution is -0.254. The minimum atomic E-state index is -1.28. The van der Waals surface area contributed by atoms with Crippen molar-refractivity contribution in [2.24, 2.45) is 0 Å². The Morgan fingerprint density at radius 2 is 1.56 bits per heavy atom. The molecule has 11 heteroatoms. The highest BCUT2D eigenvalue weighted by Gasteiger charge is 2.53. The molecule has 0 N–H and O–H groups in total. The van der Waals surface area contributed by atoms with Crippen LogP contribution in [-0.2, 0) is 55.7 Å². The van der Waals surface area contributed by atoms with Gasteiger partial charge in [0.2, 0.25) is 0 Å². The Labute approximate surface area is 255 Å². The van der Waals surface area contributed by atoms with Gasteiger partial charge in [-0.15, -0.1) is 0 Å². The summed E-state index contributed by atoms with van der Waals surface area (Å²) >= 11 is 6.91. The first-order valence-electron chi connectivity index (χ1n) is 14.0. The van der Waals surface area contributed by atoms with Crippen LogP contribution in [0.4, 0.5) is 0 Å². The molecule has 0 aromatic heterocycles. The van der Waals surface area contributed by atoms with E-state index in [1.165, 1.54) is 27.7 Å². The molecule has 2 aromatic rings. The predicted octanol–water partition coefficient (Wildman–Crippen LogP) is 4.70. The molecule has 0 radical (unpaired) electrons. The van der Waals surface area contributed by atoms with Crippen molar-refractivity contribution in [3.05, 3.63) is 69.8 Å². The number of esters is 4. The molecule has 4 rings (SSSR count). The van der Waals surface area contributed by atoms with Crippen molar-refractivity contribution in [3.63, 3.8) is 0 Å². The molecule has 0 unspecified atom stereocenters. The zero-order valence-corrected chi connectivity index (χ0v) is 25.3. The molecule has 1 fully saturated rings. The van der Waals surface area contributed by atoms with Gasteiger partial charge in [0.1, 0.15) is 24.6 Å². The predicted molar refractivity (Wildman–Crippen MR) is 156 cm³/mol. The first-order chi connectivity index (χ1) is 20.5. The lowest BCUT2D eigenvalue weighted by Crippen LogP contribution is -2.59. The Bertz CT molecular complexity index is 1390. The van der Waals surface area contributed by atoms with Crippen molar-refractivity contribution in [2.45, 2.75) is 77.5 Å². The van der Waals surface area contributed by atoms with Crippen LogP contribution in [0.25, 0.3) is 6.08 Å². The average Bonchev–Trinajstić information content (AvgIpc) is 2.95. The molecular weight excluding hydrogens is 580 g/mol. The van der Waals surface area contributed by atoms with E-state index in [0.29, 0.717) is 42.2 Å². The van der Waals surface area contributed by atoms with Crippen LogP contribution in [0, 0.1) is 0 Å². The molecule has 2 aliphatic heterocycles. The normalized spacial score (nSPS) is 22.8. The third kappa shape index (κ3) is 7.74. The van der Waals surface area contributed by atoms with Crippen LogP contribution in [-0.4, -0.2) is 61.5 Å². The number of ether oxygens (including phenoxy) is 6. The fourth-order valence-corrected chi connectivity index (χ4v) is 5.72. The van der Waals surface area contributed by atoms with Gasteiger partial charge in [-0.3, -0.25) is 19.2 Å². The molecule has 0 amide bonds. The van der Waals surface area contributed by atoms with Gasteiger partial charge >= 0.3 is 23.9 Å². The molecule has 2 aromatic carbocycles. The van der Waals surface area contributed by atoms with Gasteiger partial charge in [0.25, 0.3) is 0 Å². The molecule has 2 aliphatic rings. The van der Waals surface area contributed by atoms with E-state index < -0.39 is 54.4 Å². The molecule has 10 nitrogen and oxygen atoms in total. The standard InChI is InChI=1S/C32H35ClO10/c1-6-21-9-11-22(12-10-21)14-23-15-25(24-8-7-13-38-28(24)27(23)33)29-31(41-19(4)36)32(42-20(5)37)30(40-18(3)35)26(43-29)16-39-17(2)34/h6,9-12,15,26,29-32H,1,7-8,13-14,16H2,2-5H3/t26-,29+,30-,31+,32+/m1/s1. The maximum atomic E-state index is 12.4. The summed E-state index contributed by atoms with van der Waals surface area (Å²) in [4.78, 5) is 48.6. The molecule has 0 saturated carbocycles. The maximum absolute atomic E-state index is 12.4. The minimum absolute atomic E-state index is 0.316. The van der Waals surface area contributed by atoms with E-state index in [-0.39, 0.29) is 6.61 Å². The fraction of sp³-hybridized carbons (Fsp3) is 0.438. The zero-order valence-electron chi connectivity index (χ0n) is 24.6. The number of hydrogen-bond donors (Lipinski definition) is 0. The molecule has 230 valence electrons. The first-order valence-corrected chi connectivity index (χ1v) is 14.3. The number of fused-ring (bicyclic) bond motifs is 1. The van der Waals surface area contributed by atoms with Crippen molar-refractivity contribution >= 4 is 41.6 Å². The van der Waals surface area contributed by atoms with Crippen LogP contribution in [0.15, 0.2) is 36.9 Å². The monoisotopic (exact) mass is 614 g/mol. The second-order valence-corrected chi connectivity index (χ2v) is 10.8. The Hall–Kier alpha value is -3.89. The summed E-state index contributed by atoms with van der Waals surface area (Å²) in [5, 5.41) is 0.455. The summed E-state index contributed by atoms with van der Waals surface area (Å²) in [5.41, 5.74) is 4.05. The molecule has 0 aliphatic carbocycles. The van der Waals surface area contributed by atoms with Crippen LogP contribution < -0.4 is 4.74 Å². The summed E-state index contributed by atoms with van der Waals surface area (Å²) in [7, 11) is 0. The SMILES string of the molecule is C=Cc1ccc(Cc2cc([C@@H]3O[C@H](COC(C)=O)[C@@H](OC(C)=O)[C@H](OC(C)=O)[C@H]3OC(C)=O)c3c(c2Cl)OCCC3)cc1. The summed E-state index contributed by atoms with van der Waals surface area (Å²) in [6.07, 6.45) is -2.37. The largest absolute Gasteiger partial charge is 0.492 e. The Morgan fingerprint density at radius 3 is 2.16 bits per heavy atom. The van der Waals surface area contributed by atoms with E-state index in [0.717, 1.165) is 22.3 Å². The van der Waals surface area contributed by atoms with Crippen LogP contribution in [0.1, 0.15) is 68.0 Å². The summed E-state index contributed by atoms with van der Waals surface area (Å²) in [6.45, 7) is 8.76. The number of halogens is 1. The zero-order chi connectivity index (χ0) is 31.3. The van der Waals surface area contributed by atoms with Crippen LogP contribution >= 0.6 is 11.6 Å². The third-order valence-corrected chi connectivity index (χ3v) is 7.57. The number of hydrogen-bond acceptors (Lipinski definition) is 10. The highest BCUT2D eigenvalue weighted by molar-refractivity contribution is 6.33.